The van der Waals surface area contributed by atoms with Gasteiger partial charge in [-0.25, -0.2) is 0 Å². The van der Waals surface area contributed by atoms with Gasteiger partial charge in [-0.05, 0) is 67.8 Å². The molecule has 3 aromatic rings. The topological polar surface area (TPSA) is 65.0 Å². The summed E-state index contributed by atoms with van der Waals surface area (Å²) in [6, 6.07) is 20.5. The van der Waals surface area contributed by atoms with E-state index >= 15 is 0 Å². The molecule has 168 valence electrons. The van der Waals surface area contributed by atoms with E-state index in [2.05, 4.69) is 0 Å². The molecule has 5 nitrogen and oxygen atoms in total. The first-order chi connectivity index (χ1) is 15.4. The maximum absolute atomic E-state index is 10.8. The van der Waals surface area contributed by atoms with E-state index < -0.39 is 5.97 Å². The monoisotopic (exact) mass is 454 g/mol. The number of benzene rings is 3. The number of aliphatic carboxylic acids is 1. The summed E-state index contributed by atoms with van der Waals surface area (Å²) in [5.74, 6) is 1.84. The molecule has 0 spiro atoms. The predicted molar refractivity (Wildman–Crippen MR) is 125 cm³/mol. The molecule has 0 aliphatic rings. The van der Waals surface area contributed by atoms with Crippen LogP contribution in [-0.4, -0.2) is 23.8 Å². The quantitative estimate of drug-likeness (QED) is 0.349. The molecule has 0 aromatic heterocycles. The average Bonchev–Trinajstić information content (AvgIpc) is 2.75. The van der Waals surface area contributed by atoms with Crippen molar-refractivity contribution >= 4 is 17.6 Å². The summed E-state index contributed by atoms with van der Waals surface area (Å²) in [6.07, 6.45) is 1.24. The first-order valence-electron chi connectivity index (χ1n) is 10.5. The molecule has 0 fully saturated rings. The highest BCUT2D eigenvalue weighted by molar-refractivity contribution is 6.30. The highest BCUT2D eigenvalue weighted by Gasteiger charge is 2.11. The van der Waals surface area contributed by atoms with E-state index in [-0.39, 0.29) is 12.5 Å². The van der Waals surface area contributed by atoms with Gasteiger partial charge in [0.25, 0.3) is 0 Å². The molecule has 0 aliphatic heterocycles. The largest absolute Gasteiger partial charge is 0.491 e. The van der Waals surface area contributed by atoms with Gasteiger partial charge in [-0.15, -0.1) is 0 Å². The van der Waals surface area contributed by atoms with Crippen molar-refractivity contribution in [2.24, 2.45) is 0 Å². The van der Waals surface area contributed by atoms with E-state index in [1.165, 1.54) is 0 Å². The van der Waals surface area contributed by atoms with Gasteiger partial charge in [-0.1, -0.05) is 35.9 Å². The van der Waals surface area contributed by atoms with Gasteiger partial charge in [0.2, 0.25) is 0 Å². The van der Waals surface area contributed by atoms with Gasteiger partial charge in [-0.2, -0.15) is 0 Å². The number of hydrogen-bond acceptors (Lipinski definition) is 4. The Morgan fingerprint density at radius 3 is 2.50 bits per heavy atom. The van der Waals surface area contributed by atoms with Gasteiger partial charge in [0.15, 0.2) is 11.5 Å². The van der Waals surface area contributed by atoms with E-state index in [0.29, 0.717) is 41.7 Å². The van der Waals surface area contributed by atoms with Crippen molar-refractivity contribution in [2.75, 3.05) is 6.61 Å². The smallest absolute Gasteiger partial charge is 0.303 e. The first-order valence-corrected chi connectivity index (χ1v) is 10.9. The fourth-order valence-electron chi connectivity index (χ4n) is 3.19. The molecular weight excluding hydrogens is 428 g/mol. The third-order valence-electron chi connectivity index (χ3n) is 4.92. The van der Waals surface area contributed by atoms with Crippen LogP contribution in [-0.2, 0) is 11.2 Å². The molecule has 1 N–H and O–H groups in total. The van der Waals surface area contributed by atoms with Crippen LogP contribution in [0.5, 0.6) is 23.0 Å². The summed E-state index contributed by atoms with van der Waals surface area (Å²) >= 11 is 6.13. The lowest BCUT2D eigenvalue weighted by Crippen LogP contribution is -2.16. The van der Waals surface area contributed by atoms with E-state index in [1.54, 1.807) is 18.2 Å². The lowest BCUT2D eigenvalue weighted by atomic mass is 10.0. The molecule has 0 heterocycles. The molecule has 0 amide bonds. The van der Waals surface area contributed by atoms with Crippen LogP contribution in [0.1, 0.15) is 30.9 Å². The molecular formula is C26H27ClO5. The second-order valence-corrected chi connectivity index (χ2v) is 7.99. The molecule has 1 unspecified atom stereocenters. The van der Waals surface area contributed by atoms with Crippen LogP contribution >= 0.6 is 11.6 Å². The Bertz CT molecular complexity index is 1040. The third kappa shape index (κ3) is 7.20. The van der Waals surface area contributed by atoms with Crippen molar-refractivity contribution in [3.8, 4) is 23.0 Å². The number of carboxylic acids is 1. The summed E-state index contributed by atoms with van der Waals surface area (Å²) in [5.41, 5.74) is 2.04. The fourth-order valence-corrected chi connectivity index (χ4v) is 3.35. The Labute approximate surface area is 193 Å². The van der Waals surface area contributed by atoms with Gasteiger partial charge in [-0.3, -0.25) is 4.79 Å². The second-order valence-electron chi connectivity index (χ2n) is 7.55. The molecule has 0 aliphatic carbocycles. The summed E-state index contributed by atoms with van der Waals surface area (Å²) < 4.78 is 17.9. The normalized spacial score (nSPS) is 11.6. The van der Waals surface area contributed by atoms with Crippen LogP contribution in [0.4, 0.5) is 0 Å². The minimum atomic E-state index is -0.795. The molecule has 3 rings (SSSR count). The van der Waals surface area contributed by atoms with Crippen molar-refractivity contribution in [3.63, 3.8) is 0 Å². The Balaban J connectivity index is 1.53. The Hall–Kier alpha value is -3.18. The molecule has 0 radical (unpaired) electrons. The van der Waals surface area contributed by atoms with Crippen molar-refractivity contribution in [2.45, 2.75) is 39.2 Å². The van der Waals surface area contributed by atoms with Gasteiger partial charge in [0.05, 0.1) is 12.7 Å². The summed E-state index contributed by atoms with van der Waals surface area (Å²) in [7, 11) is 0. The van der Waals surface area contributed by atoms with E-state index in [1.807, 2.05) is 62.4 Å². The van der Waals surface area contributed by atoms with Crippen molar-refractivity contribution in [1.82, 2.24) is 0 Å². The summed E-state index contributed by atoms with van der Waals surface area (Å²) in [5, 5.41) is 9.43. The Kier molecular flexibility index (Phi) is 8.40. The van der Waals surface area contributed by atoms with E-state index in [0.717, 1.165) is 16.9 Å². The van der Waals surface area contributed by atoms with Crippen molar-refractivity contribution in [3.05, 3.63) is 82.9 Å². The maximum atomic E-state index is 10.8. The zero-order valence-corrected chi connectivity index (χ0v) is 19.0. The van der Waals surface area contributed by atoms with Crippen LogP contribution in [0.2, 0.25) is 5.02 Å². The summed E-state index contributed by atoms with van der Waals surface area (Å²) in [4.78, 5) is 10.8. The van der Waals surface area contributed by atoms with E-state index in [4.69, 9.17) is 30.9 Å². The zero-order valence-electron chi connectivity index (χ0n) is 18.2. The minimum absolute atomic E-state index is 0.0648. The Morgan fingerprint density at radius 2 is 1.78 bits per heavy atom. The van der Waals surface area contributed by atoms with Gasteiger partial charge < -0.3 is 19.3 Å². The number of rotatable bonds is 11. The SMILES string of the molecule is Cc1cc(OC(C)CCOc2ccc(Cl)cc2Oc2ccccc2)ccc1CCC(=O)O. The molecule has 0 bridgehead atoms. The van der Waals surface area contributed by atoms with Crippen LogP contribution in [0.25, 0.3) is 0 Å². The highest BCUT2D eigenvalue weighted by Crippen LogP contribution is 2.34. The minimum Gasteiger partial charge on any atom is -0.491 e. The number of carboxylic acid groups (broad SMARTS) is 1. The number of ether oxygens (including phenoxy) is 3. The highest BCUT2D eigenvalue weighted by atomic mass is 35.5. The van der Waals surface area contributed by atoms with Crippen LogP contribution < -0.4 is 14.2 Å². The number of halogens is 1. The molecule has 6 heteroatoms. The lowest BCUT2D eigenvalue weighted by Gasteiger charge is -2.17. The van der Waals surface area contributed by atoms with Crippen molar-refractivity contribution in [1.29, 1.82) is 0 Å². The molecule has 1 atom stereocenters. The number of hydrogen-bond donors (Lipinski definition) is 1. The van der Waals surface area contributed by atoms with E-state index in [9.17, 15) is 4.79 Å². The van der Waals surface area contributed by atoms with Crippen LogP contribution in [0.3, 0.4) is 0 Å². The molecule has 32 heavy (non-hydrogen) atoms. The molecule has 3 aromatic carbocycles. The molecule has 0 saturated heterocycles. The fraction of sp³-hybridized carbons (Fsp3) is 0.269. The standard InChI is InChI=1S/C26H27ClO5/c1-18-16-23(11-8-20(18)9-13-26(28)29)31-19(2)14-15-30-24-12-10-21(27)17-25(24)32-22-6-4-3-5-7-22/h3-8,10-12,16-17,19H,9,13-15H2,1-2H3,(H,28,29). The third-order valence-corrected chi connectivity index (χ3v) is 5.15. The number of aryl methyl sites for hydroxylation is 2. The van der Waals surface area contributed by atoms with Crippen LogP contribution in [0.15, 0.2) is 66.7 Å². The van der Waals surface area contributed by atoms with Gasteiger partial charge in [0.1, 0.15) is 11.5 Å². The Morgan fingerprint density at radius 1 is 1.00 bits per heavy atom. The predicted octanol–water partition coefficient (Wildman–Crippen LogP) is 6.69. The van der Waals surface area contributed by atoms with Crippen molar-refractivity contribution < 1.29 is 24.1 Å². The number of para-hydroxylation sites is 1. The van der Waals surface area contributed by atoms with Crippen LogP contribution in [0, 0.1) is 6.92 Å². The van der Waals surface area contributed by atoms with Gasteiger partial charge in [0, 0.05) is 23.9 Å². The maximum Gasteiger partial charge on any atom is 0.303 e. The average molecular weight is 455 g/mol. The first kappa shape index (κ1) is 23.5. The van der Waals surface area contributed by atoms with Gasteiger partial charge >= 0.3 is 5.97 Å². The number of carbonyl (C=O) groups is 1. The molecule has 0 saturated carbocycles. The second kappa shape index (κ2) is 11.4. The zero-order chi connectivity index (χ0) is 22.9. The summed E-state index contributed by atoms with van der Waals surface area (Å²) in [6.45, 7) is 4.40. The lowest BCUT2D eigenvalue weighted by molar-refractivity contribution is -0.136.